The molecule has 1 unspecified atom stereocenters. The van der Waals surface area contributed by atoms with Gasteiger partial charge in [-0.05, 0) is 25.6 Å². The Morgan fingerprint density at radius 3 is 2.87 bits per heavy atom. The Kier molecular flexibility index (Phi) is 4.78. The Hall–Kier alpha value is -0.870. The molecule has 0 saturated carbocycles. The average molecular weight is 210 g/mol. The first-order valence-corrected chi connectivity index (χ1v) is 5.49. The molecule has 1 atom stereocenters. The van der Waals surface area contributed by atoms with Crippen LogP contribution in [0, 0.1) is 5.92 Å². The first-order valence-electron chi connectivity index (χ1n) is 5.49. The second-order valence-electron chi connectivity index (χ2n) is 4.30. The summed E-state index contributed by atoms with van der Waals surface area (Å²) >= 11 is 0. The second kappa shape index (κ2) is 5.88. The molecule has 0 spiro atoms. The number of hydrogen-bond acceptors (Lipinski definition) is 3. The van der Waals surface area contributed by atoms with Gasteiger partial charge in [0.2, 0.25) is 0 Å². The van der Waals surface area contributed by atoms with Gasteiger partial charge in [-0.1, -0.05) is 6.92 Å². The van der Waals surface area contributed by atoms with E-state index in [4.69, 9.17) is 5.73 Å². The molecule has 0 aromatic carbocycles. The second-order valence-corrected chi connectivity index (χ2v) is 4.30. The van der Waals surface area contributed by atoms with Crippen LogP contribution in [-0.2, 0) is 13.5 Å². The molecule has 4 nitrogen and oxygen atoms in total. The largest absolute Gasteiger partial charge is 0.330 e. The lowest BCUT2D eigenvalue weighted by Gasteiger charge is -2.20. The van der Waals surface area contributed by atoms with Crippen LogP contribution in [-0.4, -0.2) is 41.4 Å². The van der Waals surface area contributed by atoms with Gasteiger partial charge in [-0.15, -0.1) is 0 Å². The maximum Gasteiger partial charge on any atom is 0.0492 e. The van der Waals surface area contributed by atoms with E-state index in [0.717, 1.165) is 26.1 Å². The molecule has 1 aromatic rings. The van der Waals surface area contributed by atoms with Gasteiger partial charge in [-0.25, -0.2) is 0 Å². The Bertz CT molecular complexity index is 282. The van der Waals surface area contributed by atoms with Crippen LogP contribution in [0.2, 0.25) is 0 Å². The zero-order chi connectivity index (χ0) is 11.3. The zero-order valence-corrected chi connectivity index (χ0v) is 9.98. The predicted molar refractivity (Wildman–Crippen MR) is 62.6 cm³/mol. The number of nitrogens with two attached hydrogens (primary N) is 1. The highest BCUT2D eigenvalue weighted by molar-refractivity contribution is 5.00. The summed E-state index contributed by atoms with van der Waals surface area (Å²) in [4.78, 5) is 2.32. The molecule has 1 rings (SSSR count). The number of nitrogens with zero attached hydrogens (tertiary/aromatic N) is 3. The van der Waals surface area contributed by atoms with E-state index in [2.05, 4.69) is 30.0 Å². The van der Waals surface area contributed by atoms with Crippen molar-refractivity contribution < 1.29 is 0 Å². The van der Waals surface area contributed by atoms with Crippen LogP contribution in [0.1, 0.15) is 12.6 Å². The van der Waals surface area contributed by atoms with Gasteiger partial charge in [0.05, 0.1) is 0 Å². The summed E-state index contributed by atoms with van der Waals surface area (Å²) in [6.45, 7) is 5.06. The first-order chi connectivity index (χ1) is 7.13. The molecule has 0 bridgehead atoms. The summed E-state index contributed by atoms with van der Waals surface area (Å²) in [5.74, 6) is 0.571. The van der Waals surface area contributed by atoms with Gasteiger partial charge in [0.25, 0.3) is 0 Å². The molecule has 0 fully saturated rings. The minimum atomic E-state index is 0.571. The van der Waals surface area contributed by atoms with E-state index in [9.17, 15) is 0 Å². The van der Waals surface area contributed by atoms with Crippen molar-refractivity contribution in [2.45, 2.75) is 13.3 Å². The lowest BCUT2D eigenvalue weighted by Crippen LogP contribution is -2.30. The molecule has 0 aliphatic rings. The summed E-state index contributed by atoms with van der Waals surface area (Å²) in [6.07, 6.45) is 2.89. The number of aromatic nitrogens is 2. The van der Waals surface area contributed by atoms with Crippen LogP contribution >= 0.6 is 0 Å². The van der Waals surface area contributed by atoms with Crippen LogP contribution in [0.3, 0.4) is 0 Å². The fourth-order valence-electron chi connectivity index (χ4n) is 1.65. The van der Waals surface area contributed by atoms with E-state index in [1.807, 2.05) is 17.9 Å². The maximum absolute atomic E-state index is 5.59. The van der Waals surface area contributed by atoms with Crippen molar-refractivity contribution in [3.63, 3.8) is 0 Å². The van der Waals surface area contributed by atoms with Crippen LogP contribution in [0.25, 0.3) is 0 Å². The number of likely N-dealkylation sites (N-methyl/N-ethyl adjacent to an activating group) is 1. The standard InChI is InChI=1S/C11H22N4/c1-10(8-12)9-14(2)7-5-11-4-6-13-15(11)3/h4,6,10H,5,7-9,12H2,1-3H3. The third kappa shape index (κ3) is 4.01. The van der Waals surface area contributed by atoms with Crippen LogP contribution in [0.5, 0.6) is 0 Å². The summed E-state index contributed by atoms with van der Waals surface area (Å²) in [6, 6.07) is 2.07. The zero-order valence-electron chi connectivity index (χ0n) is 9.98. The fourth-order valence-corrected chi connectivity index (χ4v) is 1.65. The molecule has 86 valence electrons. The Morgan fingerprint density at radius 2 is 2.33 bits per heavy atom. The molecule has 1 aromatic heterocycles. The number of hydrogen-bond donors (Lipinski definition) is 1. The molecule has 2 N–H and O–H groups in total. The molecule has 0 amide bonds. The summed E-state index contributed by atoms with van der Waals surface area (Å²) < 4.78 is 1.93. The van der Waals surface area contributed by atoms with E-state index in [-0.39, 0.29) is 0 Å². The number of rotatable bonds is 6. The molecule has 0 saturated heterocycles. The molecule has 15 heavy (non-hydrogen) atoms. The molecule has 0 aliphatic heterocycles. The summed E-state index contributed by atoms with van der Waals surface area (Å²) in [7, 11) is 4.13. The van der Waals surface area contributed by atoms with Gasteiger partial charge in [0.1, 0.15) is 0 Å². The predicted octanol–water partition coefficient (Wildman–Crippen LogP) is 0.489. The highest BCUT2D eigenvalue weighted by atomic mass is 15.3. The molecule has 4 heteroatoms. The minimum absolute atomic E-state index is 0.571. The van der Waals surface area contributed by atoms with Gasteiger partial charge in [0.15, 0.2) is 0 Å². The monoisotopic (exact) mass is 210 g/mol. The van der Waals surface area contributed by atoms with E-state index in [1.54, 1.807) is 0 Å². The van der Waals surface area contributed by atoms with Gasteiger partial charge in [-0.3, -0.25) is 4.68 Å². The summed E-state index contributed by atoms with van der Waals surface area (Å²) in [5, 5.41) is 4.15. The lowest BCUT2D eigenvalue weighted by molar-refractivity contribution is 0.290. The quantitative estimate of drug-likeness (QED) is 0.743. The maximum atomic E-state index is 5.59. The van der Waals surface area contributed by atoms with Crippen LogP contribution < -0.4 is 5.73 Å². The van der Waals surface area contributed by atoms with Crippen molar-refractivity contribution in [2.75, 3.05) is 26.7 Å². The van der Waals surface area contributed by atoms with Crippen molar-refractivity contribution in [1.29, 1.82) is 0 Å². The Morgan fingerprint density at radius 1 is 1.60 bits per heavy atom. The van der Waals surface area contributed by atoms with Gasteiger partial charge in [0, 0.05) is 38.4 Å². The van der Waals surface area contributed by atoms with Gasteiger partial charge >= 0.3 is 0 Å². The van der Waals surface area contributed by atoms with Crippen molar-refractivity contribution in [1.82, 2.24) is 14.7 Å². The van der Waals surface area contributed by atoms with Gasteiger partial charge in [-0.2, -0.15) is 5.10 Å². The molecule has 0 aliphatic carbocycles. The number of aryl methyl sites for hydroxylation is 1. The Balaban J connectivity index is 2.28. The van der Waals surface area contributed by atoms with Crippen molar-refractivity contribution in [3.05, 3.63) is 18.0 Å². The molecule has 1 heterocycles. The Labute approximate surface area is 92.1 Å². The SMILES string of the molecule is CC(CN)CN(C)CCc1ccnn1C. The average Bonchev–Trinajstić information content (AvgIpc) is 2.61. The molecular weight excluding hydrogens is 188 g/mol. The highest BCUT2D eigenvalue weighted by Gasteiger charge is 2.05. The molecular formula is C11H22N4. The minimum Gasteiger partial charge on any atom is -0.330 e. The molecule has 0 radical (unpaired) electrons. The fraction of sp³-hybridized carbons (Fsp3) is 0.727. The van der Waals surface area contributed by atoms with E-state index in [0.29, 0.717) is 5.92 Å². The van der Waals surface area contributed by atoms with E-state index < -0.39 is 0 Å². The third-order valence-corrected chi connectivity index (χ3v) is 2.70. The smallest absolute Gasteiger partial charge is 0.0492 e. The summed E-state index contributed by atoms with van der Waals surface area (Å²) in [5.41, 5.74) is 6.87. The van der Waals surface area contributed by atoms with Crippen LogP contribution in [0.4, 0.5) is 0 Å². The van der Waals surface area contributed by atoms with Crippen molar-refractivity contribution in [3.8, 4) is 0 Å². The van der Waals surface area contributed by atoms with Crippen LogP contribution in [0.15, 0.2) is 12.3 Å². The van der Waals surface area contributed by atoms with Crippen molar-refractivity contribution in [2.24, 2.45) is 18.7 Å². The topological polar surface area (TPSA) is 47.1 Å². The van der Waals surface area contributed by atoms with Gasteiger partial charge < -0.3 is 10.6 Å². The van der Waals surface area contributed by atoms with E-state index >= 15 is 0 Å². The highest BCUT2D eigenvalue weighted by Crippen LogP contribution is 2.01. The third-order valence-electron chi connectivity index (χ3n) is 2.70. The van der Waals surface area contributed by atoms with Crippen molar-refractivity contribution >= 4 is 0 Å². The van der Waals surface area contributed by atoms with E-state index in [1.165, 1.54) is 5.69 Å². The lowest BCUT2D eigenvalue weighted by atomic mass is 10.1. The first kappa shape index (κ1) is 12.2. The normalized spacial score (nSPS) is 13.4.